The van der Waals surface area contributed by atoms with Crippen LogP contribution in [0.5, 0.6) is 5.75 Å². The molecule has 2 N–H and O–H groups in total. The lowest BCUT2D eigenvalue weighted by Crippen LogP contribution is -2.47. The number of piperazine rings is 1. The molecular formula is C29H30N8O4. The highest BCUT2D eigenvalue weighted by atomic mass is 16.5. The van der Waals surface area contributed by atoms with Gasteiger partial charge in [-0.1, -0.05) is 31.1 Å². The second kappa shape index (κ2) is 10.5. The number of fused-ring (bicyclic) bond motifs is 1. The van der Waals surface area contributed by atoms with Crippen LogP contribution in [0.15, 0.2) is 59.4 Å². The standard InChI is InChI=1S/C29H30N8O4/c1-17(2)27(28(39)40)25-13-20(34-41-25)18-15-30-29(31-16-18)37-10-8-36(9-11-37)26-14-22-23(35(26)3)12-21(32-33-22)19-6-4-5-7-24(19)38/h4-7,12-17,27,38H,8-11H2,1-3H3,(H,39,40). The van der Waals surface area contributed by atoms with Gasteiger partial charge in [-0.25, -0.2) is 9.97 Å². The summed E-state index contributed by atoms with van der Waals surface area (Å²) >= 11 is 0. The number of hydrogen-bond acceptors (Lipinski definition) is 10. The zero-order valence-electron chi connectivity index (χ0n) is 23.0. The number of carboxylic acid groups (broad SMARTS) is 1. The van der Waals surface area contributed by atoms with Gasteiger partial charge in [0, 0.05) is 68.9 Å². The Morgan fingerprint density at radius 3 is 2.34 bits per heavy atom. The molecule has 1 fully saturated rings. The Morgan fingerprint density at radius 1 is 0.951 bits per heavy atom. The molecule has 1 unspecified atom stereocenters. The third kappa shape index (κ3) is 4.92. The smallest absolute Gasteiger partial charge is 0.314 e. The van der Waals surface area contributed by atoms with Crippen LogP contribution in [0.2, 0.25) is 0 Å². The fraction of sp³-hybridized carbons (Fsp3) is 0.310. The molecule has 1 aliphatic rings. The third-order valence-electron chi connectivity index (χ3n) is 7.54. The number of benzene rings is 1. The van der Waals surface area contributed by atoms with Crippen LogP contribution in [-0.2, 0) is 11.8 Å². The molecule has 1 aliphatic heterocycles. The molecule has 4 aromatic heterocycles. The predicted molar refractivity (Wildman–Crippen MR) is 153 cm³/mol. The van der Waals surface area contributed by atoms with Gasteiger partial charge in [0.1, 0.15) is 28.7 Å². The molecule has 0 bridgehead atoms. The summed E-state index contributed by atoms with van der Waals surface area (Å²) in [6.45, 7) is 6.68. The number of carbonyl (C=O) groups is 1. The van der Waals surface area contributed by atoms with Crippen LogP contribution >= 0.6 is 0 Å². The fourth-order valence-corrected chi connectivity index (χ4v) is 5.29. The Hall–Kier alpha value is -5.00. The Morgan fingerprint density at radius 2 is 1.66 bits per heavy atom. The summed E-state index contributed by atoms with van der Waals surface area (Å²) in [6.07, 6.45) is 3.37. The van der Waals surface area contributed by atoms with Crippen LogP contribution in [0.4, 0.5) is 11.8 Å². The molecule has 41 heavy (non-hydrogen) atoms. The lowest BCUT2D eigenvalue weighted by molar-refractivity contribution is -0.140. The normalized spacial score (nSPS) is 14.6. The first-order valence-electron chi connectivity index (χ1n) is 13.4. The topological polar surface area (TPSA) is 147 Å². The summed E-state index contributed by atoms with van der Waals surface area (Å²) in [5, 5.41) is 32.6. The summed E-state index contributed by atoms with van der Waals surface area (Å²) < 4.78 is 7.45. The number of aromatic nitrogens is 6. The summed E-state index contributed by atoms with van der Waals surface area (Å²) in [6, 6.07) is 12.8. The van der Waals surface area contributed by atoms with Gasteiger partial charge in [0.05, 0.1) is 11.2 Å². The van der Waals surface area contributed by atoms with Gasteiger partial charge in [-0.2, -0.15) is 0 Å². The summed E-state index contributed by atoms with van der Waals surface area (Å²) in [5.74, 6) is 0.319. The van der Waals surface area contributed by atoms with E-state index in [9.17, 15) is 15.0 Å². The number of aryl methyl sites for hydroxylation is 1. The summed E-state index contributed by atoms with van der Waals surface area (Å²) in [7, 11) is 2.01. The van der Waals surface area contributed by atoms with Gasteiger partial charge in [-0.05, 0) is 24.1 Å². The zero-order chi connectivity index (χ0) is 28.7. The molecule has 0 aliphatic carbocycles. The van der Waals surface area contributed by atoms with Crippen molar-refractivity contribution in [2.24, 2.45) is 13.0 Å². The Bertz CT molecular complexity index is 1700. The zero-order valence-corrected chi connectivity index (χ0v) is 23.0. The number of para-hydroxylation sites is 1. The second-order valence-electron chi connectivity index (χ2n) is 10.5. The molecule has 1 saturated heterocycles. The van der Waals surface area contributed by atoms with Gasteiger partial charge in [-0.15, -0.1) is 10.2 Å². The third-order valence-corrected chi connectivity index (χ3v) is 7.54. The summed E-state index contributed by atoms with van der Waals surface area (Å²) in [4.78, 5) is 25.2. The predicted octanol–water partition coefficient (Wildman–Crippen LogP) is 3.94. The van der Waals surface area contributed by atoms with E-state index in [1.165, 1.54) is 0 Å². The van der Waals surface area contributed by atoms with E-state index in [0.29, 0.717) is 34.2 Å². The van der Waals surface area contributed by atoms with Gasteiger partial charge in [-0.3, -0.25) is 4.79 Å². The first-order chi connectivity index (χ1) is 19.8. The van der Waals surface area contributed by atoms with Crippen molar-refractivity contribution in [3.05, 3.63) is 60.6 Å². The molecule has 0 spiro atoms. The van der Waals surface area contributed by atoms with E-state index in [1.54, 1.807) is 30.6 Å². The molecule has 12 heteroatoms. The lowest BCUT2D eigenvalue weighted by Gasteiger charge is -2.36. The molecule has 210 valence electrons. The minimum Gasteiger partial charge on any atom is -0.507 e. The minimum atomic E-state index is -0.943. The number of nitrogens with zero attached hydrogens (tertiary/aromatic N) is 8. The maximum Gasteiger partial charge on any atom is 0.314 e. The molecule has 0 amide bonds. The average molecular weight is 555 g/mol. The molecule has 5 heterocycles. The van der Waals surface area contributed by atoms with Crippen LogP contribution in [0, 0.1) is 5.92 Å². The molecule has 6 rings (SSSR count). The SMILES string of the molecule is CC(C)C(C(=O)O)c1cc(-c2cnc(N3CCN(c4cc5nnc(-c6ccccc6O)cc5n4C)CC3)nc2)no1. The van der Waals surface area contributed by atoms with Crippen molar-refractivity contribution < 1.29 is 19.5 Å². The number of phenolic OH excluding ortho intramolecular Hbond substituents is 1. The Labute approximate surface area is 235 Å². The molecule has 1 aromatic carbocycles. The van der Waals surface area contributed by atoms with Crippen LogP contribution in [0.3, 0.4) is 0 Å². The van der Waals surface area contributed by atoms with Crippen molar-refractivity contribution in [3.8, 4) is 28.3 Å². The van der Waals surface area contributed by atoms with E-state index >= 15 is 0 Å². The van der Waals surface area contributed by atoms with Gasteiger partial charge in [0.15, 0.2) is 5.76 Å². The van der Waals surface area contributed by atoms with Crippen LogP contribution in [-0.4, -0.2) is 72.3 Å². The highest BCUT2D eigenvalue weighted by Gasteiger charge is 2.28. The molecule has 5 aromatic rings. The van der Waals surface area contributed by atoms with Crippen molar-refractivity contribution in [2.45, 2.75) is 19.8 Å². The quantitative estimate of drug-likeness (QED) is 0.302. The number of rotatable bonds is 7. The van der Waals surface area contributed by atoms with Crippen molar-refractivity contribution in [1.82, 2.24) is 29.9 Å². The van der Waals surface area contributed by atoms with Crippen LogP contribution < -0.4 is 9.80 Å². The minimum absolute atomic E-state index is 0.131. The maximum atomic E-state index is 11.6. The largest absolute Gasteiger partial charge is 0.507 e. The van der Waals surface area contributed by atoms with Gasteiger partial charge in [0.25, 0.3) is 0 Å². The number of aliphatic carboxylic acids is 1. The first kappa shape index (κ1) is 26.2. The molecule has 0 radical (unpaired) electrons. The van der Waals surface area contributed by atoms with Crippen LogP contribution in [0.1, 0.15) is 25.5 Å². The highest BCUT2D eigenvalue weighted by molar-refractivity contribution is 5.85. The van der Waals surface area contributed by atoms with Crippen LogP contribution in [0.25, 0.3) is 33.5 Å². The highest BCUT2D eigenvalue weighted by Crippen LogP contribution is 2.32. The fourth-order valence-electron chi connectivity index (χ4n) is 5.29. The molecule has 12 nitrogen and oxygen atoms in total. The molecule has 0 saturated carbocycles. The van der Waals surface area contributed by atoms with Gasteiger partial charge >= 0.3 is 5.97 Å². The number of hydrogen-bond donors (Lipinski definition) is 2. The number of aromatic hydroxyl groups is 1. The van der Waals surface area contributed by atoms with E-state index in [1.807, 2.05) is 45.2 Å². The maximum absolute atomic E-state index is 11.6. The van der Waals surface area contributed by atoms with Crippen molar-refractivity contribution in [1.29, 1.82) is 0 Å². The summed E-state index contributed by atoms with van der Waals surface area (Å²) in [5.41, 5.74) is 4.17. The average Bonchev–Trinajstić information content (AvgIpc) is 3.58. The number of phenols is 1. The first-order valence-corrected chi connectivity index (χ1v) is 13.4. The van der Waals surface area contributed by atoms with E-state index in [2.05, 4.69) is 39.7 Å². The Balaban J connectivity index is 1.14. The number of anilines is 2. The van der Waals surface area contributed by atoms with Crippen molar-refractivity contribution in [3.63, 3.8) is 0 Å². The van der Waals surface area contributed by atoms with E-state index in [4.69, 9.17) is 4.52 Å². The van der Waals surface area contributed by atoms with Gasteiger partial charge in [0.2, 0.25) is 5.95 Å². The van der Waals surface area contributed by atoms with E-state index in [-0.39, 0.29) is 11.7 Å². The monoisotopic (exact) mass is 554 g/mol. The van der Waals surface area contributed by atoms with Gasteiger partial charge < -0.3 is 29.1 Å². The Kier molecular flexibility index (Phi) is 6.73. The van der Waals surface area contributed by atoms with Crippen molar-refractivity contribution >= 4 is 28.8 Å². The van der Waals surface area contributed by atoms with E-state index < -0.39 is 11.9 Å². The molecular weight excluding hydrogens is 524 g/mol. The van der Waals surface area contributed by atoms with E-state index in [0.717, 1.165) is 43.0 Å². The second-order valence-corrected chi connectivity index (χ2v) is 10.5. The lowest BCUT2D eigenvalue weighted by atomic mass is 9.93. The molecule has 1 atom stereocenters. The van der Waals surface area contributed by atoms with Crippen molar-refractivity contribution in [2.75, 3.05) is 36.0 Å². The number of carboxylic acids is 1.